The van der Waals surface area contributed by atoms with Crippen LogP contribution >= 0.6 is 0 Å². The van der Waals surface area contributed by atoms with Gasteiger partial charge in [0, 0.05) is 11.6 Å². The predicted molar refractivity (Wildman–Crippen MR) is 71.6 cm³/mol. The Hall–Kier alpha value is -1.10. The number of hydrogen-bond acceptors (Lipinski definition) is 4. The quantitative estimate of drug-likeness (QED) is 0.778. The third kappa shape index (κ3) is 5.04. The minimum Gasteiger partial charge on any atom is -0.490 e. The fraction of sp³-hybridized carbons (Fsp3) is 0.571. The van der Waals surface area contributed by atoms with Crippen molar-refractivity contribution >= 4 is 0 Å². The zero-order chi connectivity index (χ0) is 13.5. The highest BCUT2D eigenvalue weighted by Crippen LogP contribution is 2.23. The summed E-state index contributed by atoms with van der Waals surface area (Å²) in [5.74, 6) is 0.719. The van der Waals surface area contributed by atoms with Crippen LogP contribution in [0.25, 0.3) is 0 Å². The lowest BCUT2D eigenvalue weighted by Crippen LogP contribution is -2.25. The first-order chi connectivity index (χ1) is 8.50. The van der Waals surface area contributed by atoms with E-state index in [1.807, 2.05) is 45.0 Å². The maximum Gasteiger partial charge on any atom is 0.124 e. The van der Waals surface area contributed by atoms with Gasteiger partial charge < -0.3 is 20.3 Å². The van der Waals surface area contributed by atoms with Crippen LogP contribution in [0.5, 0.6) is 5.75 Å². The molecule has 0 fully saturated rings. The lowest BCUT2D eigenvalue weighted by Gasteiger charge is -2.17. The molecule has 4 heteroatoms. The Balaban J connectivity index is 2.48. The molecule has 1 aromatic rings. The van der Waals surface area contributed by atoms with Gasteiger partial charge in [-0.2, -0.15) is 0 Å². The largest absolute Gasteiger partial charge is 0.490 e. The number of aliphatic hydroxyl groups is 1. The number of aliphatic hydroxyl groups excluding tert-OH is 1. The van der Waals surface area contributed by atoms with Gasteiger partial charge in [-0.25, -0.2) is 0 Å². The highest BCUT2D eigenvalue weighted by molar-refractivity contribution is 5.35. The van der Waals surface area contributed by atoms with Crippen LogP contribution in [0.15, 0.2) is 24.3 Å². The molecule has 0 spiro atoms. The van der Waals surface area contributed by atoms with E-state index < -0.39 is 6.10 Å². The van der Waals surface area contributed by atoms with Crippen molar-refractivity contribution in [3.05, 3.63) is 29.8 Å². The summed E-state index contributed by atoms with van der Waals surface area (Å²) in [6, 6.07) is 7.50. The third-order valence-electron chi connectivity index (χ3n) is 2.46. The maximum absolute atomic E-state index is 9.71. The van der Waals surface area contributed by atoms with E-state index in [1.54, 1.807) is 0 Å². The molecule has 0 aromatic heterocycles. The smallest absolute Gasteiger partial charge is 0.124 e. The number of benzene rings is 1. The topological polar surface area (TPSA) is 64.7 Å². The molecule has 0 aliphatic heterocycles. The van der Waals surface area contributed by atoms with Crippen LogP contribution in [-0.2, 0) is 4.74 Å². The molecule has 3 N–H and O–H groups in total. The minimum absolute atomic E-state index is 0.0924. The van der Waals surface area contributed by atoms with Gasteiger partial charge in [-0.05, 0) is 26.8 Å². The first kappa shape index (κ1) is 15.0. The van der Waals surface area contributed by atoms with Gasteiger partial charge in [0.05, 0.1) is 12.7 Å². The standard InChI is InChI=1S/C14H23NO3/c1-10(2)17-8-12(16)9-18-14-7-5-4-6-13(14)11(3)15/h4-7,10-12,16H,8-9,15H2,1-3H3/t11-,12?/m0/s1. The Morgan fingerprint density at radius 3 is 2.44 bits per heavy atom. The minimum atomic E-state index is -0.631. The first-order valence-electron chi connectivity index (χ1n) is 6.27. The Labute approximate surface area is 109 Å². The van der Waals surface area contributed by atoms with E-state index in [2.05, 4.69) is 0 Å². The van der Waals surface area contributed by atoms with Gasteiger partial charge in [0.15, 0.2) is 0 Å². The molecule has 2 atom stereocenters. The van der Waals surface area contributed by atoms with Gasteiger partial charge in [0.2, 0.25) is 0 Å². The molecular formula is C14H23NO3. The van der Waals surface area contributed by atoms with E-state index in [1.165, 1.54) is 0 Å². The molecule has 0 saturated heterocycles. The van der Waals surface area contributed by atoms with Gasteiger partial charge in [-0.1, -0.05) is 18.2 Å². The molecular weight excluding hydrogens is 230 g/mol. The average molecular weight is 253 g/mol. The SMILES string of the molecule is CC(C)OCC(O)COc1ccccc1[C@H](C)N. The fourth-order valence-corrected chi connectivity index (χ4v) is 1.53. The second-order valence-electron chi connectivity index (χ2n) is 4.67. The third-order valence-corrected chi connectivity index (χ3v) is 2.46. The van der Waals surface area contributed by atoms with E-state index in [0.29, 0.717) is 0 Å². The summed E-state index contributed by atoms with van der Waals surface area (Å²) in [4.78, 5) is 0. The van der Waals surface area contributed by atoms with E-state index in [0.717, 1.165) is 11.3 Å². The molecule has 102 valence electrons. The Bertz CT molecular complexity index is 353. The lowest BCUT2D eigenvalue weighted by atomic mass is 10.1. The van der Waals surface area contributed by atoms with Crippen LogP contribution in [0.4, 0.5) is 0 Å². The highest BCUT2D eigenvalue weighted by Gasteiger charge is 2.10. The molecule has 1 unspecified atom stereocenters. The average Bonchev–Trinajstić information content (AvgIpc) is 2.34. The van der Waals surface area contributed by atoms with Gasteiger partial charge >= 0.3 is 0 Å². The Kier molecular flexibility index (Phi) is 6.12. The fourth-order valence-electron chi connectivity index (χ4n) is 1.53. The van der Waals surface area contributed by atoms with Crippen LogP contribution in [0.3, 0.4) is 0 Å². The summed E-state index contributed by atoms with van der Waals surface area (Å²) in [6.07, 6.45) is -0.524. The maximum atomic E-state index is 9.71. The molecule has 4 nitrogen and oxygen atoms in total. The molecule has 0 amide bonds. The van der Waals surface area contributed by atoms with Crippen molar-refractivity contribution in [3.8, 4) is 5.75 Å². The summed E-state index contributed by atoms with van der Waals surface area (Å²) < 4.78 is 10.9. The van der Waals surface area contributed by atoms with Crippen LogP contribution in [0, 0.1) is 0 Å². The number of ether oxygens (including phenoxy) is 2. The normalized spacial score (nSPS) is 14.6. The number of hydrogen-bond donors (Lipinski definition) is 2. The van der Waals surface area contributed by atoms with Crippen LogP contribution in [0.1, 0.15) is 32.4 Å². The van der Waals surface area contributed by atoms with Crippen LogP contribution in [0.2, 0.25) is 0 Å². The number of nitrogens with two attached hydrogens (primary N) is 1. The van der Waals surface area contributed by atoms with Gasteiger partial charge in [0.1, 0.15) is 18.5 Å². The summed E-state index contributed by atoms with van der Waals surface area (Å²) in [5, 5.41) is 9.71. The monoisotopic (exact) mass is 253 g/mol. The first-order valence-corrected chi connectivity index (χ1v) is 6.27. The van der Waals surface area contributed by atoms with Crippen molar-refractivity contribution in [3.63, 3.8) is 0 Å². The summed E-state index contributed by atoms with van der Waals surface area (Å²) in [7, 11) is 0. The van der Waals surface area contributed by atoms with E-state index in [4.69, 9.17) is 15.2 Å². The Morgan fingerprint density at radius 1 is 1.17 bits per heavy atom. The molecule has 0 bridgehead atoms. The summed E-state index contributed by atoms with van der Waals surface area (Å²) in [5.41, 5.74) is 6.79. The van der Waals surface area contributed by atoms with Crippen molar-refractivity contribution in [2.45, 2.75) is 39.0 Å². The van der Waals surface area contributed by atoms with Gasteiger partial charge in [-0.15, -0.1) is 0 Å². The zero-order valence-electron chi connectivity index (χ0n) is 11.3. The Morgan fingerprint density at radius 2 is 1.83 bits per heavy atom. The van der Waals surface area contributed by atoms with E-state index >= 15 is 0 Å². The molecule has 0 aliphatic rings. The van der Waals surface area contributed by atoms with Crippen molar-refractivity contribution < 1.29 is 14.6 Å². The molecule has 0 aliphatic carbocycles. The molecule has 0 radical (unpaired) electrons. The van der Waals surface area contributed by atoms with Gasteiger partial charge in [-0.3, -0.25) is 0 Å². The van der Waals surface area contributed by atoms with Crippen molar-refractivity contribution in [2.24, 2.45) is 5.73 Å². The number of para-hydroxylation sites is 1. The highest BCUT2D eigenvalue weighted by atomic mass is 16.5. The lowest BCUT2D eigenvalue weighted by molar-refractivity contribution is -0.0124. The molecule has 1 rings (SSSR count). The van der Waals surface area contributed by atoms with E-state index in [9.17, 15) is 5.11 Å². The van der Waals surface area contributed by atoms with Crippen LogP contribution in [-0.4, -0.2) is 30.5 Å². The number of rotatable bonds is 7. The zero-order valence-corrected chi connectivity index (χ0v) is 11.3. The molecule has 1 aromatic carbocycles. The van der Waals surface area contributed by atoms with Crippen molar-refractivity contribution in [1.82, 2.24) is 0 Å². The van der Waals surface area contributed by atoms with Crippen molar-refractivity contribution in [1.29, 1.82) is 0 Å². The molecule has 0 heterocycles. The molecule has 0 saturated carbocycles. The second-order valence-corrected chi connectivity index (χ2v) is 4.67. The summed E-state index contributed by atoms with van der Waals surface area (Å²) in [6.45, 7) is 6.24. The second kappa shape index (κ2) is 7.36. The van der Waals surface area contributed by atoms with E-state index in [-0.39, 0.29) is 25.4 Å². The van der Waals surface area contributed by atoms with Crippen LogP contribution < -0.4 is 10.5 Å². The summed E-state index contributed by atoms with van der Waals surface area (Å²) >= 11 is 0. The van der Waals surface area contributed by atoms with Gasteiger partial charge in [0.25, 0.3) is 0 Å². The predicted octanol–water partition coefficient (Wildman–Crippen LogP) is 1.87. The molecule has 18 heavy (non-hydrogen) atoms. The van der Waals surface area contributed by atoms with Crippen molar-refractivity contribution in [2.75, 3.05) is 13.2 Å².